The van der Waals surface area contributed by atoms with E-state index in [2.05, 4.69) is 0 Å². The van der Waals surface area contributed by atoms with Gasteiger partial charge in [-0.05, 0) is 40.6 Å². The van der Waals surface area contributed by atoms with E-state index in [0.29, 0.717) is 5.56 Å². The first-order chi connectivity index (χ1) is 10.6. The molecule has 3 heteroatoms. The van der Waals surface area contributed by atoms with Crippen molar-refractivity contribution in [2.24, 2.45) is 0 Å². The molecule has 0 spiro atoms. The first kappa shape index (κ1) is 14.3. The van der Waals surface area contributed by atoms with Gasteiger partial charge in [0, 0.05) is 12.7 Å². The normalized spacial score (nSPS) is 10.6. The van der Waals surface area contributed by atoms with E-state index in [-0.39, 0.29) is 18.1 Å². The number of fused-ring (bicyclic) bond motifs is 1. The maximum absolute atomic E-state index is 13.2. The molecule has 0 heterocycles. The molecule has 22 heavy (non-hydrogen) atoms. The van der Waals surface area contributed by atoms with E-state index in [1.54, 1.807) is 24.1 Å². The van der Waals surface area contributed by atoms with Crippen LogP contribution < -0.4 is 4.90 Å². The van der Waals surface area contributed by atoms with Gasteiger partial charge >= 0.3 is 0 Å². The fourth-order valence-corrected chi connectivity index (χ4v) is 2.47. The summed E-state index contributed by atoms with van der Waals surface area (Å²) in [6.07, 6.45) is 0.182. The van der Waals surface area contributed by atoms with Crippen molar-refractivity contribution in [2.75, 3.05) is 11.9 Å². The predicted octanol–water partition coefficient (Wildman–Crippen LogP) is 4.18. The molecule has 0 saturated heterocycles. The molecule has 0 aliphatic carbocycles. The van der Waals surface area contributed by atoms with Crippen molar-refractivity contribution in [3.8, 4) is 0 Å². The van der Waals surface area contributed by atoms with Gasteiger partial charge in [0.25, 0.3) is 0 Å². The third-order valence-corrected chi connectivity index (χ3v) is 3.74. The molecule has 3 rings (SSSR count). The van der Waals surface area contributed by atoms with E-state index < -0.39 is 0 Å². The maximum atomic E-state index is 13.2. The molecular weight excluding hydrogens is 277 g/mol. The number of likely N-dealkylation sites (N-methyl/N-ethyl adjacent to an activating group) is 1. The molecule has 0 saturated carbocycles. The third kappa shape index (κ3) is 2.98. The van der Waals surface area contributed by atoms with Crippen molar-refractivity contribution in [1.29, 1.82) is 0 Å². The van der Waals surface area contributed by atoms with E-state index in [9.17, 15) is 9.18 Å². The Hall–Kier alpha value is -2.68. The van der Waals surface area contributed by atoms with E-state index in [1.807, 2.05) is 42.5 Å². The number of amides is 1. The van der Waals surface area contributed by atoms with Gasteiger partial charge in [-0.1, -0.05) is 42.5 Å². The fraction of sp³-hybridized carbons (Fsp3) is 0.105. The molecule has 0 unspecified atom stereocenters. The highest BCUT2D eigenvalue weighted by atomic mass is 19.1. The summed E-state index contributed by atoms with van der Waals surface area (Å²) in [4.78, 5) is 14.0. The lowest BCUT2D eigenvalue weighted by molar-refractivity contribution is -0.117. The summed E-state index contributed by atoms with van der Waals surface area (Å²) in [6, 6.07) is 20.1. The quantitative estimate of drug-likeness (QED) is 0.709. The Labute approximate surface area is 128 Å². The molecule has 3 aromatic carbocycles. The second-order valence-corrected chi connectivity index (χ2v) is 5.29. The monoisotopic (exact) mass is 293 g/mol. The lowest BCUT2D eigenvalue weighted by Crippen LogP contribution is -2.27. The van der Waals surface area contributed by atoms with Crippen molar-refractivity contribution in [3.05, 3.63) is 78.1 Å². The van der Waals surface area contributed by atoms with Gasteiger partial charge in [0.15, 0.2) is 0 Å². The van der Waals surface area contributed by atoms with Crippen LogP contribution in [0, 0.1) is 5.82 Å². The second-order valence-electron chi connectivity index (χ2n) is 5.29. The SMILES string of the molecule is CN(C(=O)Cc1cccc(F)c1)c1ccc2ccccc2c1. The Balaban J connectivity index is 1.82. The lowest BCUT2D eigenvalue weighted by atomic mass is 10.1. The summed E-state index contributed by atoms with van der Waals surface area (Å²) >= 11 is 0. The summed E-state index contributed by atoms with van der Waals surface area (Å²) in [5, 5.41) is 2.22. The van der Waals surface area contributed by atoms with Gasteiger partial charge in [-0.3, -0.25) is 4.79 Å². The van der Waals surface area contributed by atoms with Crippen LogP contribution in [-0.4, -0.2) is 13.0 Å². The lowest BCUT2D eigenvalue weighted by Gasteiger charge is -2.18. The highest BCUT2D eigenvalue weighted by Crippen LogP contribution is 2.22. The molecule has 0 bridgehead atoms. The average molecular weight is 293 g/mol. The molecule has 0 aromatic heterocycles. The van der Waals surface area contributed by atoms with E-state index in [1.165, 1.54) is 12.1 Å². The number of anilines is 1. The largest absolute Gasteiger partial charge is 0.315 e. The molecule has 3 aromatic rings. The number of nitrogens with zero attached hydrogens (tertiary/aromatic N) is 1. The number of hydrogen-bond acceptors (Lipinski definition) is 1. The number of benzene rings is 3. The first-order valence-electron chi connectivity index (χ1n) is 7.13. The Kier molecular flexibility index (Phi) is 3.88. The summed E-state index contributed by atoms with van der Waals surface area (Å²) in [6.45, 7) is 0. The summed E-state index contributed by atoms with van der Waals surface area (Å²) in [5.41, 5.74) is 1.51. The van der Waals surface area contributed by atoms with Crippen molar-refractivity contribution in [3.63, 3.8) is 0 Å². The van der Waals surface area contributed by atoms with Crippen LogP contribution in [-0.2, 0) is 11.2 Å². The van der Waals surface area contributed by atoms with Gasteiger partial charge in [-0.2, -0.15) is 0 Å². The summed E-state index contributed by atoms with van der Waals surface area (Å²) < 4.78 is 13.2. The smallest absolute Gasteiger partial charge is 0.231 e. The maximum Gasteiger partial charge on any atom is 0.231 e. The molecule has 2 nitrogen and oxygen atoms in total. The minimum atomic E-state index is -0.321. The van der Waals surface area contributed by atoms with E-state index in [4.69, 9.17) is 0 Å². The van der Waals surface area contributed by atoms with Crippen molar-refractivity contribution in [1.82, 2.24) is 0 Å². The minimum Gasteiger partial charge on any atom is -0.315 e. The Morgan fingerprint density at radius 3 is 2.50 bits per heavy atom. The van der Waals surface area contributed by atoms with Crippen molar-refractivity contribution in [2.45, 2.75) is 6.42 Å². The Morgan fingerprint density at radius 1 is 0.955 bits per heavy atom. The van der Waals surface area contributed by atoms with Gasteiger partial charge in [0.2, 0.25) is 5.91 Å². The molecular formula is C19H16FNO. The van der Waals surface area contributed by atoms with Crippen LogP contribution >= 0.6 is 0 Å². The van der Waals surface area contributed by atoms with Gasteiger partial charge in [-0.15, -0.1) is 0 Å². The number of hydrogen-bond donors (Lipinski definition) is 0. The molecule has 0 atom stereocenters. The highest BCUT2D eigenvalue weighted by Gasteiger charge is 2.12. The Morgan fingerprint density at radius 2 is 1.73 bits per heavy atom. The van der Waals surface area contributed by atoms with E-state index >= 15 is 0 Å². The van der Waals surface area contributed by atoms with E-state index in [0.717, 1.165) is 16.5 Å². The predicted molar refractivity (Wildman–Crippen MR) is 87.5 cm³/mol. The second kappa shape index (κ2) is 5.98. The molecule has 0 aliphatic rings. The van der Waals surface area contributed by atoms with Crippen LogP contribution in [0.5, 0.6) is 0 Å². The molecule has 0 fully saturated rings. The van der Waals surface area contributed by atoms with Crippen molar-refractivity contribution >= 4 is 22.4 Å². The van der Waals surface area contributed by atoms with Crippen LogP contribution in [0.2, 0.25) is 0 Å². The molecule has 1 amide bonds. The minimum absolute atomic E-state index is 0.0686. The standard InChI is InChI=1S/C19H16FNO/c1-21(19(22)12-14-5-4-8-17(20)11-14)18-10-9-15-6-2-3-7-16(15)13-18/h2-11,13H,12H2,1H3. The summed E-state index contributed by atoms with van der Waals surface area (Å²) in [5.74, 6) is -0.389. The van der Waals surface area contributed by atoms with Crippen LogP contribution in [0.25, 0.3) is 10.8 Å². The van der Waals surface area contributed by atoms with Crippen LogP contribution in [0.4, 0.5) is 10.1 Å². The number of halogens is 1. The van der Waals surface area contributed by atoms with Crippen LogP contribution in [0.1, 0.15) is 5.56 Å². The molecule has 0 radical (unpaired) electrons. The fourth-order valence-electron chi connectivity index (χ4n) is 2.47. The number of carbonyl (C=O) groups excluding carboxylic acids is 1. The number of carbonyl (C=O) groups is 1. The van der Waals surface area contributed by atoms with Crippen LogP contribution in [0.3, 0.4) is 0 Å². The zero-order valence-electron chi connectivity index (χ0n) is 12.3. The highest BCUT2D eigenvalue weighted by molar-refractivity contribution is 5.97. The average Bonchev–Trinajstić information content (AvgIpc) is 2.53. The zero-order chi connectivity index (χ0) is 15.5. The zero-order valence-corrected chi connectivity index (χ0v) is 12.3. The van der Waals surface area contributed by atoms with Crippen LogP contribution in [0.15, 0.2) is 66.7 Å². The molecule has 0 aliphatic heterocycles. The van der Waals surface area contributed by atoms with Gasteiger partial charge in [-0.25, -0.2) is 4.39 Å². The molecule has 110 valence electrons. The van der Waals surface area contributed by atoms with Crippen molar-refractivity contribution < 1.29 is 9.18 Å². The first-order valence-corrected chi connectivity index (χ1v) is 7.13. The topological polar surface area (TPSA) is 20.3 Å². The van der Waals surface area contributed by atoms with Gasteiger partial charge in [0.1, 0.15) is 5.82 Å². The Bertz CT molecular complexity index is 828. The summed E-state index contributed by atoms with van der Waals surface area (Å²) in [7, 11) is 1.74. The third-order valence-electron chi connectivity index (χ3n) is 3.74. The number of rotatable bonds is 3. The van der Waals surface area contributed by atoms with Gasteiger partial charge < -0.3 is 4.90 Å². The van der Waals surface area contributed by atoms with Gasteiger partial charge in [0.05, 0.1) is 6.42 Å². The molecule has 0 N–H and O–H groups in total.